The lowest BCUT2D eigenvalue weighted by atomic mass is 9.82. The summed E-state index contributed by atoms with van der Waals surface area (Å²) in [6, 6.07) is 21.9. The minimum Gasteiger partial charge on any atom is -0.453 e. The van der Waals surface area contributed by atoms with E-state index < -0.39 is 0 Å². The van der Waals surface area contributed by atoms with Crippen molar-refractivity contribution in [3.8, 4) is 22.6 Å². The van der Waals surface area contributed by atoms with Gasteiger partial charge in [-0.3, -0.25) is 4.98 Å². The third kappa shape index (κ3) is 3.26. The summed E-state index contributed by atoms with van der Waals surface area (Å²) >= 11 is 1.79. The highest BCUT2D eigenvalue weighted by molar-refractivity contribution is 7.17. The molecule has 0 unspecified atom stereocenters. The third-order valence-corrected chi connectivity index (χ3v) is 7.91. The van der Waals surface area contributed by atoms with Crippen LogP contribution in [0.1, 0.15) is 37.5 Å². The lowest BCUT2D eigenvalue weighted by Crippen LogP contribution is -2.12. The second kappa shape index (κ2) is 7.54. The van der Waals surface area contributed by atoms with E-state index in [9.17, 15) is 0 Å². The van der Waals surface area contributed by atoms with Gasteiger partial charge in [0, 0.05) is 33.0 Å². The SMILES string of the molecule is Cc1csc2ccc(-c3oc4c(-c5cc(C(C)(C)C)c6ccccc6c5)nccc4c3C)cc12. The molecule has 3 aromatic carbocycles. The molecule has 0 spiro atoms. The Labute approximate surface area is 203 Å². The first-order valence-electron chi connectivity index (χ1n) is 11.7. The predicted molar refractivity (Wildman–Crippen MR) is 146 cm³/mol. The number of benzene rings is 3. The average molecular weight is 462 g/mol. The maximum absolute atomic E-state index is 6.61. The highest BCUT2D eigenvalue weighted by atomic mass is 32.1. The second-order valence-electron chi connectivity index (χ2n) is 10.2. The molecule has 0 aliphatic rings. The molecule has 2 nitrogen and oxygen atoms in total. The molecule has 0 N–H and O–H groups in total. The predicted octanol–water partition coefficient (Wildman–Crippen LogP) is 9.44. The molecule has 0 aliphatic carbocycles. The molecule has 0 bridgehead atoms. The zero-order valence-electron chi connectivity index (χ0n) is 20.2. The first-order valence-corrected chi connectivity index (χ1v) is 12.6. The number of hydrogen-bond donors (Lipinski definition) is 0. The fourth-order valence-corrected chi connectivity index (χ4v) is 5.92. The highest BCUT2D eigenvalue weighted by Gasteiger charge is 2.21. The van der Waals surface area contributed by atoms with Crippen LogP contribution in [0.2, 0.25) is 0 Å². The number of hydrogen-bond acceptors (Lipinski definition) is 3. The number of rotatable bonds is 2. The van der Waals surface area contributed by atoms with Crippen LogP contribution < -0.4 is 0 Å². The molecule has 0 saturated carbocycles. The smallest absolute Gasteiger partial charge is 0.161 e. The summed E-state index contributed by atoms with van der Waals surface area (Å²) in [5, 5.41) is 7.15. The van der Waals surface area contributed by atoms with Crippen LogP contribution in [0.3, 0.4) is 0 Å². The van der Waals surface area contributed by atoms with E-state index >= 15 is 0 Å². The van der Waals surface area contributed by atoms with Gasteiger partial charge >= 0.3 is 0 Å². The lowest BCUT2D eigenvalue weighted by molar-refractivity contribution is 0.596. The minimum absolute atomic E-state index is 0.0154. The second-order valence-corrected chi connectivity index (χ2v) is 11.1. The Morgan fingerprint density at radius 1 is 0.824 bits per heavy atom. The summed E-state index contributed by atoms with van der Waals surface area (Å²) in [5.74, 6) is 0.925. The third-order valence-electron chi connectivity index (χ3n) is 6.83. The van der Waals surface area contributed by atoms with Crippen molar-refractivity contribution in [3.05, 3.63) is 88.9 Å². The molecule has 0 saturated heterocycles. The largest absolute Gasteiger partial charge is 0.453 e. The van der Waals surface area contributed by atoms with E-state index in [1.54, 1.807) is 11.3 Å². The number of nitrogens with zero attached hydrogens (tertiary/aromatic N) is 1. The Kier molecular flexibility index (Phi) is 4.69. The van der Waals surface area contributed by atoms with Crippen molar-refractivity contribution in [3.63, 3.8) is 0 Å². The van der Waals surface area contributed by atoms with Crippen LogP contribution in [0.4, 0.5) is 0 Å². The summed E-state index contributed by atoms with van der Waals surface area (Å²) in [6.07, 6.45) is 1.90. The zero-order chi connectivity index (χ0) is 23.6. The topological polar surface area (TPSA) is 26.0 Å². The molecule has 0 amide bonds. The standard InChI is InChI=1S/C31H27NOS/c1-18-17-34-27-11-10-21(15-25(18)27)29-19(2)23-12-13-32-28(30(23)33-29)22-14-20-8-6-7-9-24(20)26(16-22)31(3,4)5/h6-17H,1-5H3. The first kappa shape index (κ1) is 21.1. The Morgan fingerprint density at radius 2 is 1.65 bits per heavy atom. The average Bonchev–Trinajstić information content (AvgIpc) is 3.37. The van der Waals surface area contributed by atoms with Gasteiger partial charge in [0.15, 0.2) is 5.58 Å². The zero-order valence-corrected chi connectivity index (χ0v) is 21.0. The van der Waals surface area contributed by atoms with Crippen LogP contribution in [0.25, 0.3) is 54.4 Å². The molecular weight excluding hydrogens is 434 g/mol. The number of pyridine rings is 1. The van der Waals surface area contributed by atoms with Gasteiger partial charge in [0.2, 0.25) is 0 Å². The number of aryl methyl sites for hydroxylation is 2. The van der Waals surface area contributed by atoms with E-state index in [0.29, 0.717) is 0 Å². The fraction of sp³-hybridized carbons (Fsp3) is 0.194. The number of fused-ring (bicyclic) bond motifs is 3. The van der Waals surface area contributed by atoms with E-state index in [0.717, 1.165) is 39.1 Å². The number of aromatic nitrogens is 1. The van der Waals surface area contributed by atoms with Crippen molar-refractivity contribution in [2.75, 3.05) is 0 Å². The van der Waals surface area contributed by atoms with Gasteiger partial charge in [0.1, 0.15) is 11.5 Å². The molecule has 3 heterocycles. The van der Waals surface area contributed by atoms with E-state index in [2.05, 4.69) is 101 Å². The van der Waals surface area contributed by atoms with Crippen molar-refractivity contribution in [1.82, 2.24) is 4.98 Å². The quantitative estimate of drug-likeness (QED) is 0.257. The molecule has 3 aromatic heterocycles. The van der Waals surface area contributed by atoms with E-state index in [1.165, 1.54) is 32.0 Å². The van der Waals surface area contributed by atoms with Crippen LogP contribution >= 0.6 is 11.3 Å². The van der Waals surface area contributed by atoms with Gasteiger partial charge in [0.05, 0.1) is 0 Å². The van der Waals surface area contributed by atoms with Crippen LogP contribution in [-0.2, 0) is 5.41 Å². The molecule has 6 rings (SSSR count). The Balaban J connectivity index is 1.59. The maximum atomic E-state index is 6.61. The highest BCUT2D eigenvalue weighted by Crippen LogP contribution is 2.41. The van der Waals surface area contributed by atoms with Crippen molar-refractivity contribution in [1.29, 1.82) is 0 Å². The Bertz CT molecular complexity index is 1710. The van der Waals surface area contributed by atoms with Gasteiger partial charge < -0.3 is 4.42 Å². The molecule has 3 heteroatoms. The van der Waals surface area contributed by atoms with Crippen molar-refractivity contribution in [2.24, 2.45) is 0 Å². The van der Waals surface area contributed by atoms with E-state index in [1.807, 2.05) is 6.20 Å². The number of furan rings is 1. The molecule has 0 aliphatic heterocycles. The van der Waals surface area contributed by atoms with Gasteiger partial charge in [-0.15, -0.1) is 11.3 Å². The fourth-order valence-electron chi connectivity index (χ4n) is 4.99. The van der Waals surface area contributed by atoms with Crippen LogP contribution in [-0.4, -0.2) is 4.98 Å². The molecule has 168 valence electrons. The first-order chi connectivity index (χ1) is 16.3. The molecule has 0 radical (unpaired) electrons. The van der Waals surface area contributed by atoms with Crippen LogP contribution in [0, 0.1) is 13.8 Å². The van der Waals surface area contributed by atoms with Crippen molar-refractivity contribution < 1.29 is 4.42 Å². The Hall–Kier alpha value is -3.43. The summed E-state index contributed by atoms with van der Waals surface area (Å²) in [4.78, 5) is 4.82. The normalized spacial score (nSPS) is 12.3. The summed E-state index contributed by atoms with van der Waals surface area (Å²) in [6.45, 7) is 11.1. The summed E-state index contributed by atoms with van der Waals surface area (Å²) in [5.41, 5.74) is 7.76. The van der Waals surface area contributed by atoms with Gasteiger partial charge in [-0.05, 0) is 88.3 Å². The van der Waals surface area contributed by atoms with Crippen LogP contribution in [0.15, 0.2) is 76.7 Å². The lowest BCUT2D eigenvalue weighted by Gasteiger charge is -2.22. The van der Waals surface area contributed by atoms with Gasteiger partial charge in [-0.1, -0.05) is 45.0 Å². The molecule has 6 aromatic rings. The van der Waals surface area contributed by atoms with Crippen molar-refractivity contribution in [2.45, 2.75) is 40.0 Å². The monoisotopic (exact) mass is 461 g/mol. The van der Waals surface area contributed by atoms with Gasteiger partial charge in [-0.25, -0.2) is 0 Å². The minimum atomic E-state index is 0.0154. The summed E-state index contributed by atoms with van der Waals surface area (Å²) < 4.78 is 7.92. The molecule has 34 heavy (non-hydrogen) atoms. The van der Waals surface area contributed by atoms with E-state index in [4.69, 9.17) is 9.40 Å². The van der Waals surface area contributed by atoms with Crippen molar-refractivity contribution >= 4 is 43.2 Å². The summed E-state index contributed by atoms with van der Waals surface area (Å²) in [7, 11) is 0. The van der Waals surface area contributed by atoms with Crippen LogP contribution in [0.5, 0.6) is 0 Å². The molecule has 0 atom stereocenters. The number of thiophene rings is 1. The van der Waals surface area contributed by atoms with Gasteiger partial charge in [0.25, 0.3) is 0 Å². The maximum Gasteiger partial charge on any atom is 0.161 e. The molecular formula is C31H27NOS. The molecule has 0 fully saturated rings. The van der Waals surface area contributed by atoms with E-state index in [-0.39, 0.29) is 5.41 Å². The van der Waals surface area contributed by atoms with Gasteiger partial charge in [-0.2, -0.15) is 0 Å². The Morgan fingerprint density at radius 3 is 2.47 bits per heavy atom.